The summed E-state index contributed by atoms with van der Waals surface area (Å²) < 4.78 is 11.3. The maximum Gasteiger partial charge on any atom is 0.228 e. The van der Waals surface area contributed by atoms with Gasteiger partial charge in [-0.3, -0.25) is 9.78 Å². The summed E-state index contributed by atoms with van der Waals surface area (Å²) in [5.74, 6) is 0.991. The van der Waals surface area contributed by atoms with E-state index in [0.717, 1.165) is 22.9 Å². The van der Waals surface area contributed by atoms with Crippen molar-refractivity contribution in [2.24, 2.45) is 0 Å². The quantitative estimate of drug-likeness (QED) is 0.751. The van der Waals surface area contributed by atoms with Crippen LogP contribution in [0.1, 0.15) is 12.0 Å². The molecule has 3 aromatic rings. The maximum atomic E-state index is 12.4. The van der Waals surface area contributed by atoms with E-state index in [1.165, 1.54) is 0 Å². The lowest BCUT2D eigenvalue weighted by Gasteiger charge is -2.12. The number of rotatable bonds is 3. The molecule has 2 heterocycles. The number of pyridine rings is 1. The molecule has 0 bridgehead atoms. The summed E-state index contributed by atoms with van der Waals surface area (Å²) in [6.45, 7) is 1.14. The van der Waals surface area contributed by atoms with Gasteiger partial charge in [0, 0.05) is 11.8 Å². The highest BCUT2D eigenvalue weighted by molar-refractivity contribution is 6.32. The molecule has 0 saturated heterocycles. The van der Waals surface area contributed by atoms with Crippen LogP contribution in [0.25, 0.3) is 10.9 Å². The number of para-hydroxylation sites is 1. The van der Waals surface area contributed by atoms with Crippen LogP contribution in [0.2, 0.25) is 5.02 Å². The molecule has 0 saturated carbocycles. The van der Waals surface area contributed by atoms with E-state index in [9.17, 15) is 4.79 Å². The SMILES string of the molecule is O=C(Cc1cc(Cl)c2c(c1)OCCCO2)Nc1cnc2ccccc2c1. The van der Waals surface area contributed by atoms with Gasteiger partial charge in [-0.1, -0.05) is 29.8 Å². The number of amides is 1. The van der Waals surface area contributed by atoms with Crippen LogP contribution in [0.4, 0.5) is 5.69 Å². The number of carbonyl (C=O) groups excluding carboxylic acids is 1. The van der Waals surface area contributed by atoms with Gasteiger partial charge < -0.3 is 14.8 Å². The van der Waals surface area contributed by atoms with E-state index in [1.807, 2.05) is 36.4 Å². The van der Waals surface area contributed by atoms with Crippen LogP contribution in [0, 0.1) is 0 Å². The minimum absolute atomic E-state index is 0.146. The molecule has 5 nitrogen and oxygen atoms in total. The van der Waals surface area contributed by atoms with Crippen molar-refractivity contribution in [1.29, 1.82) is 0 Å². The van der Waals surface area contributed by atoms with Crippen molar-refractivity contribution in [3.63, 3.8) is 0 Å². The summed E-state index contributed by atoms with van der Waals surface area (Å²) in [7, 11) is 0. The van der Waals surface area contributed by atoms with Gasteiger partial charge in [0.1, 0.15) is 0 Å². The Kier molecular flexibility index (Phi) is 4.63. The predicted molar refractivity (Wildman–Crippen MR) is 101 cm³/mol. The number of benzene rings is 2. The first-order valence-electron chi connectivity index (χ1n) is 8.42. The summed E-state index contributed by atoms with van der Waals surface area (Å²) in [6, 6.07) is 13.2. The number of halogens is 1. The molecule has 4 rings (SSSR count). The van der Waals surface area contributed by atoms with Crippen LogP contribution in [0.3, 0.4) is 0 Å². The molecule has 0 aliphatic carbocycles. The fourth-order valence-electron chi connectivity index (χ4n) is 2.92. The fourth-order valence-corrected chi connectivity index (χ4v) is 3.20. The first-order valence-corrected chi connectivity index (χ1v) is 8.79. The van der Waals surface area contributed by atoms with Gasteiger partial charge in [0.25, 0.3) is 0 Å². The monoisotopic (exact) mass is 368 g/mol. The Morgan fingerprint density at radius 1 is 1.15 bits per heavy atom. The number of nitrogens with one attached hydrogen (secondary N) is 1. The molecule has 0 spiro atoms. The van der Waals surface area contributed by atoms with E-state index in [0.29, 0.717) is 35.4 Å². The van der Waals surface area contributed by atoms with Crippen molar-refractivity contribution >= 4 is 34.1 Å². The Morgan fingerprint density at radius 2 is 2.00 bits per heavy atom. The van der Waals surface area contributed by atoms with E-state index in [2.05, 4.69) is 10.3 Å². The lowest BCUT2D eigenvalue weighted by Crippen LogP contribution is -2.14. The zero-order chi connectivity index (χ0) is 17.9. The summed E-state index contributed by atoms with van der Waals surface area (Å²) in [5, 5.41) is 4.31. The van der Waals surface area contributed by atoms with Gasteiger partial charge in [0.2, 0.25) is 5.91 Å². The van der Waals surface area contributed by atoms with Crippen LogP contribution in [-0.2, 0) is 11.2 Å². The van der Waals surface area contributed by atoms with Gasteiger partial charge in [-0.05, 0) is 29.8 Å². The van der Waals surface area contributed by atoms with Gasteiger partial charge in [-0.15, -0.1) is 0 Å². The van der Waals surface area contributed by atoms with Gasteiger partial charge in [0.05, 0.1) is 42.1 Å². The summed E-state index contributed by atoms with van der Waals surface area (Å²) in [5.41, 5.74) is 2.32. The maximum absolute atomic E-state index is 12.4. The minimum atomic E-state index is -0.146. The van der Waals surface area contributed by atoms with E-state index in [4.69, 9.17) is 21.1 Å². The lowest BCUT2D eigenvalue weighted by molar-refractivity contribution is -0.115. The van der Waals surface area contributed by atoms with Gasteiger partial charge >= 0.3 is 0 Å². The largest absolute Gasteiger partial charge is 0.489 e. The standard InChI is InChI=1S/C20H17ClN2O3/c21-16-8-13(9-18-20(16)26-7-3-6-25-18)10-19(24)23-15-11-14-4-1-2-5-17(14)22-12-15/h1-2,4-5,8-9,11-12H,3,6-7,10H2,(H,23,24). The molecule has 0 atom stereocenters. The van der Waals surface area contributed by atoms with Crippen molar-refractivity contribution in [2.75, 3.05) is 18.5 Å². The first kappa shape index (κ1) is 16.7. The second-order valence-electron chi connectivity index (χ2n) is 6.10. The van der Waals surface area contributed by atoms with Gasteiger partial charge in [-0.25, -0.2) is 0 Å². The second-order valence-corrected chi connectivity index (χ2v) is 6.50. The van der Waals surface area contributed by atoms with Crippen LogP contribution >= 0.6 is 11.6 Å². The molecule has 0 radical (unpaired) electrons. The van der Waals surface area contributed by atoms with E-state index in [-0.39, 0.29) is 12.3 Å². The highest BCUT2D eigenvalue weighted by Gasteiger charge is 2.17. The molecule has 1 N–H and O–H groups in total. The van der Waals surface area contributed by atoms with E-state index >= 15 is 0 Å². The third-order valence-electron chi connectivity index (χ3n) is 4.10. The molecular weight excluding hydrogens is 352 g/mol. The average molecular weight is 369 g/mol. The van der Waals surface area contributed by atoms with Crippen LogP contribution < -0.4 is 14.8 Å². The number of carbonyl (C=O) groups is 1. The molecular formula is C20H17ClN2O3. The molecule has 26 heavy (non-hydrogen) atoms. The zero-order valence-corrected chi connectivity index (χ0v) is 14.8. The number of ether oxygens (including phenoxy) is 2. The number of fused-ring (bicyclic) bond motifs is 2. The number of anilines is 1. The normalized spacial score (nSPS) is 13.3. The molecule has 0 unspecified atom stereocenters. The van der Waals surface area contributed by atoms with E-state index < -0.39 is 0 Å². The third kappa shape index (κ3) is 3.58. The summed E-state index contributed by atoms with van der Waals surface area (Å²) in [4.78, 5) is 16.8. The second kappa shape index (κ2) is 7.22. The van der Waals surface area contributed by atoms with Crippen molar-refractivity contribution in [3.05, 3.63) is 59.2 Å². The molecule has 2 aromatic carbocycles. The molecule has 1 aliphatic rings. The topological polar surface area (TPSA) is 60.5 Å². The molecule has 1 amide bonds. The molecule has 132 valence electrons. The van der Waals surface area contributed by atoms with Crippen molar-refractivity contribution < 1.29 is 14.3 Å². The minimum Gasteiger partial charge on any atom is -0.489 e. The Bertz CT molecular complexity index is 974. The highest BCUT2D eigenvalue weighted by atomic mass is 35.5. The molecule has 1 aliphatic heterocycles. The zero-order valence-electron chi connectivity index (χ0n) is 14.0. The first-order chi connectivity index (χ1) is 12.7. The predicted octanol–water partition coefficient (Wildman–Crippen LogP) is 4.23. The Morgan fingerprint density at radius 3 is 2.92 bits per heavy atom. The number of hydrogen-bond acceptors (Lipinski definition) is 4. The molecule has 1 aromatic heterocycles. The van der Waals surface area contributed by atoms with Crippen LogP contribution in [0.5, 0.6) is 11.5 Å². The molecule has 0 fully saturated rings. The third-order valence-corrected chi connectivity index (χ3v) is 4.38. The van der Waals surface area contributed by atoms with Gasteiger partial charge in [0.15, 0.2) is 11.5 Å². The Hall–Kier alpha value is -2.79. The van der Waals surface area contributed by atoms with Crippen LogP contribution in [0.15, 0.2) is 48.7 Å². The average Bonchev–Trinajstić information content (AvgIpc) is 2.87. The number of hydrogen-bond donors (Lipinski definition) is 1. The fraction of sp³-hybridized carbons (Fsp3) is 0.200. The van der Waals surface area contributed by atoms with Crippen molar-refractivity contribution in [1.82, 2.24) is 4.98 Å². The summed E-state index contributed by atoms with van der Waals surface area (Å²) >= 11 is 6.28. The summed E-state index contributed by atoms with van der Waals surface area (Å²) in [6.07, 6.45) is 2.64. The Balaban J connectivity index is 1.50. The van der Waals surface area contributed by atoms with Crippen molar-refractivity contribution in [2.45, 2.75) is 12.8 Å². The smallest absolute Gasteiger partial charge is 0.228 e. The molecule has 6 heteroatoms. The number of nitrogens with zero attached hydrogens (tertiary/aromatic N) is 1. The van der Waals surface area contributed by atoms with Crippen molar-refractivity contribution in [3.8, 4) is 11.5 Å². The Labute approximate surface area is 155 Å². The van der Waals surface area contributed by atoms with E-state index in [1.54, 1.807) is 12.3 Å². The highest BCUT2D eigenvalue weighted by Crippen LogP contribution is 2.38. The lowest BCUT2D eigenvalue weighted by atomic mass is 10.1. The van der Waals surface area contributed by atoms with Crippen LogP contribution in [-0.4, -0.2) is 24.1 Å². The van der Waals surface area contributed by atoms with Gasteiger partial charge in [-0.2, -0.15) is 0 Å². The number of aromatic nitrogens is 1.